The number of halogens is 1. The normalized spacial score (nSPS) is 18.4. The van der Waals surface area contributed by atoms with Crippen molar-refractivity contribution >= 4 is 27.5 Å². The number of rotatable bonds is 2. The van der Waals surface area contributed by atoms with E-state index in [0.717, 1.165) is 17.3 Å². The maximum atomic E-state index is 12.4. The van der Waals surface area contributed by atoms with Crippen LogP contribution < -0.4 is 5.73 Å². The van der Waals surface area contributed by atoms with Gasteiger partial charge in [-0.2, -0.15) is 0 Å². The number of piperidine rings is 1. The molecular formula is C14H19BrN2O2. The van der Waals surface area contributed by atoms with Crippen molar-refractivity contribution in [1.82, 2.24) is 4.90 Å². The third-order valence-corrected chi connectivity index (χ3v) is 4.13. The summed E-state index contributed by atoms with van der Waals surface area (Å²) in [6.45, 7) is 3.21. The van der Waals surface area contributed by atoms with E-state index in [1.165, 1.54) is 0 Å². The number of aliphatic hydroxyl groups is 1. The Kier molecular flexibility index (Phi) is 4.47. The summed E-state index contributed by atoms with van der Waals surface area (Å²) in [5, 5.41) is 9.57. The fraction of sp³-hybridized carbons (Fsp3) is 0.500. The van der Waals surface area contributed by atoms with E-state index < -0.39 is 0 Å². The van der Waals surface area contributed by atoms with Gasteiger partial charge >= 0.3 is 0 Å². The summed E-state index contributed by atoms with van der Waals surface area (Å²) in [6, 6.07) is 5.27. The van der Waals surface area contributed by atoms with Crippen LogP contribution in [0.4, 0.5) is 5.69 Å². The molecule has 3 N–H and O–H groups in total. The number of nitrogen functional groups attached to an aromatic ring is 1. The van der Waals surface area contributed by atoms with Crippen LogP contribution >= 0.6 is 15.9 Å². The molecule has 4 nitrogen and oxygen atoms in total. The van der Waals surface area contributed by atoms with Crippen LogP contribution in [0, 0.1) is 5.92 Å². The average molecular weight is 327 g/mol. The fourth-order valence-corrected chi connectivity index (χ4v) is 3.01. The monoisotopic (exact) mass is 326 g/mol. The summed E-state index contributed by atoms with van der Waals surface area (Å²) in [6.07, 6.45) is 1.42. The Bertz CT molecular complexity index is 448. The second kappa shape index (κ2) is 5.92. The molecule has 1 fully saturated rings. The topological polar surface area (TPSA) is 66.6 Å². The molecule has 1 heterocycles. The minimum Gasteiger partial charge on any atom is -0.399 e. The van der Waals surface area contributed by atoms with Crippen molar-refractivity contribution < 1.29 is 9.90 Å². The standard InChI is InChI=1S/C14H19BrN2O2/c1-9(18)10-2-4-17(5-3-10)14(19)11-6-12(15)8-13(16)7-11/h6-10,18H,2-5,16H2,1H3. The van der Waals surface area contributed by atoms with Gasteiger partial charge in [0, 0.05) is 28.8 Å². The van der Waals surface area contributed by atoms with Gasteiger partial charge in [0.25, 0.3) is 5.91 Å². The molecule has 0 saturated carbocycles. The maximum absolute atomic E-state index is 12.4. The highest BCUT2D eigenvalue weighted by atomic mass is 79.9. The first-order valence-corrected chi connectivity index (χ1v) is 7.30. The van der Waals surface area contributed by atoms with Crippen LogP contribution in [0.5, 0.6) is 0 Å². The first-order valence-electron chi connectivity index (χ1n) is 6.51. The summed E-state index contributed by atoms with van der Waals surface area (Å²) < 4.78 is 0.815. The Morgan fingerprint density at radius 1 is 1.42 bits per heavy atom. The van der Waals surface area contributed by atoms with Crippen molar-refractivity contribution in [2.75, 3.05) is 18.8 Å². The van der Waals surface area contributed by atoms with E-state index >= 15 is 0 Å². The van der Waals surface area contributed by atoms with Crippen LogP contribution in [0.1, 0.15) is 30.1 Å². The van der Waals surface area contributed by atoms with Gasteiger partial charge in [-0.3, -0.25) is 4.79 Å². The van der Waals surface area contributed by atoms with Crippen molar-refractivity contribution in [3.63, 3.8) is 0 Å². The lowest BCUT2D eigenvalue weighted by Crippen LogP contribution is -2.40. The van der Waals surface area contributed by atoms with Crippen LogP contribution in [0.2, 0.25) is 0 Å². The Morgan fingerprint density at radius 2 is 2.05 bits per heavy atom. The van der Waals surface area contributed by atoms with Crippen molar-refractivity contribution in [2.45, 2.75) is 25.9 Å². The molecule has 0 aliphatic carbocycles. The molecule has 19 heavy (non-hydrogen) atoms. The SMILES string of the molecule is CC(O)C1CCN(C(=O)c2cc(N)cc(Br)c2)CC1. The first kappa shape index (κ1) is 14.3. The first-order chi connectivity index (χ1) is 8.97. The van der Waals surface area contributed by atoms with E-state index in [9.17, 15) is 9.90 Å². The largest absolute Gasteiger partial charge is 0.399 e. The van der Waals surface area contributed by atoms with E-state index in [1.54, 1.807) is 18.2 Å². The zero-order chi connectivity index (χ0) is 14.0. The number of aliphatic hydroxyl groups excluding tert-OH is 1. The van der Waals surface area contributed by atoms with E-state index in [2.05, 4.69) is 15.9 Å². The molecule has 2 rings (SSSR count). The van der Waals surface area contributed by atoms with Crippen LogP contribution in [0.15, 0.2) is 22.7 Å². The lowest BCUT2D eigenvalue weighted by Gasteiger charge is -2.33. The molecule has 1 unspecified atom stereocenters. The predicted octanol–water partition coefficient (Wildman–Crippen LogP) is 2.26. The number of amides is 1. The number of carbonyl (C=O) groups excluding carboxylic acids is 1. The van der Waals surface area contributed by atoms with E-state index in [0.29, 0.717) is 30.3 Å². The molecule has 0 bridgehead atoms. The van der Waals surface area contributed by atoms with E-state index in [4.69, 9.17) is 5.73 Å². The summed E-state index contributed by atoms with van der Waals surface area (Å²) in [5.41, 5.74) is 6.95. The summed E-state index contributed by atoms with van der Waals surface area (Å²) in [5.74, 6) is 0.314. The lowest BCUT2D eigenvalue weighted by atomic mass is 9.92. The molecule has 1 aromatic carbocycles. The van der Waals surface area contributed by atoms with Crippen molar-refractivity contribution in [3.05, 3.63) is 28.2 Å². The molecule has 1 saturated heterocycles. The number of carbonyl (C=O) groups is 1. The van der Waals surface area contributed by atoms with Gasteiger partial charge in [0.05, 0.1) is 6.10 Å². The number of benzene rings is 1. The Balaban J connectivity index is 2.05. The molecule has 1 aromatic rings. The molecule has 1 atom stereocenters. The van der Waals surface area contributed by atoms with Crippen molar-refractivity contribution in [1.29, 1.82) is 0 Å². The van der Waals surface area contributed by atoms with Crippen molar-refractivity contribution in [3.8, 4) is 0 Å². The number of hydrogen-bond donors (Lipinski definition) is 2. The highest BCUT2D eigenvalue weighted by molar-refractivity contribution is 9.10. The predicted molar refractivity (Wildman–Crippen MR) is 78.9 cm³/mol. The average Bonchev–Trinajstić information content (AvgIpc) is 2.37. The Labute approximate surface area is 121 Å². The van der Waals surface area contributed by atoms with Crippen LogP contribution in [-0.4, -0.2) is 35.1 Å². The summed E-state index contributed by atoms with van der Waals surface area (Å²) >= 11 is 3.35. The minimum atomic E-state index is -0.293. The van der Waals surface area contributed by atoms with Gasteiger partial charge in [0.15, 0.2) is 0 Å². The van der Waals surface area contributed by atoms with E-state index in [1.807, 2.05) is 11.8 Å². The van der Waals surface area contributed by atoms with Gasteiger partial charge in [0.1, 0.15) is 0 Å². The number of likely N-dealkylation sites (tertiary alicyclic amines) is 1. The number of hydrogen-bond acceptors (Lipinski definition) is 3. The zero-order valence-electron chi connectivity index (χ0n) is 11.0. The quantitative estimate of drug-likeness (QED) is 0.819. The van der Waals surface area contributed by atoms with Crippen LogP contribution in [-0.2, 0) is 0 Å². The molecule has 0 aromatic heterocycles. The summed E-state index contributed by atoms with van der Waals surface area (Å²) in [7, 11) is 0. The zero-order valence-corrected chi connectivity index (χ0v) is 12.6. The number of anilines is 1. The van der Waals surface area contributed by atoms with Crippen molar-refractivity contribution in [2.24, 2.45) is 5.92 Å². The van der Waals surface area contributed by atoms with Gasteiger partial charge < -0.3 is 15.7 Å². The van der Waals surface area contributed by atoms with Gasteiger partial charge in [-0.25, -0.2) is 0 Å². The third-order valence-electron chi connectivity index (χ3n) is 3.68. The smallest absolute Gasteiger partial charge is 0.253 e. The summed E-state index contributed by atoms with van der Waals surface area (Å²) in [4.78, 5) is 14.2. The Morgan fingerprint density at radius 3 is 2.58 bits per heavy atom. The number of nitrogens with zero attached hydrogens (tertiary/aromatic N) is 1. The molecule has 1 aliphatic rings. The molecule has 1 aliphatic heterocycles. The second-order valence-electron chi connectivity index (χ2n) is 5.14. The number of nitrogens with two attached hydrogens (primary N) is 1. The van der Waals surface area contributed by atoms with E-state index in [-0.39, 0.29) is 12.0 Å². The molecule has 0 radical (unpaired) electrons. The molecular weight excluding hydrogens is 308 g/mol. The highest BCUT2D eigenvalue weighted by Gasteiger charge is 2.26. The van der Waals surface area contributed by atoms with Gasteiger partial charge in [-0.05, 0) is 43.9 Å². The second-order valence-corrected chi connectivity index (χ2v) is 6.06. The molecule has 104 valence electrons. The van der Waals surface area contributed by atoms with Gasteiger partial charge in [-0.15, -0.1) is 0 Å². The van der Waals surface area contributed by atoms with Gasteiger partial charge in [-0.1, -0.05) is 15.9 Å². The molecule has 5 heteroatoms. The minimum absolute atomic E-state index is 0.0112. The molecule has 1 amide bonds. The Hall–Kier alpha value is -1.07. The fourth-order valence-electron chi connectivity index (χ4n) is 2.50. The highest BCUT2D eigenvalue weighted by Crippen LogP contribution is 2.23. The third kappa shape index (κ3) is 3.48. The molecule has 0 spiro atoms. The lowest BCUT2D eigenvalue weighted by molar-refractivity contribution is 0.0521. The van der Waals surface area contributed by atoms with Crippen LogP contribution in [0.25, 0.3) is 0 Å². The van der Waals surface area contributed by atoms with Gasteiger partial charge in [0.2, 0.25) is 0 Å². The maximum Gasteiger partial charge on any atom is 0.253 e. The van der Waals surface area contributed by atoms with Crippen LogP contribution in [0.3, 0.4) is 0 Å².